The summed E-state index contributed by atoms with van der Waals surface area (Å²) < 4.78 is 5.91. The van der Waals surface area contributed by atoms with E-state index in [1.807, 2.05) is 31.2 Å². The van der Waals surface area contributed by atoms with E-state index in [2.05, 4.69) is 10.6 Å². The van der Waals surface area contributed by atoms with E-state index >= 15 is 0 Å². The number of hydrogen-bond donors (Lipinski definition) is 2. The summed E-state index contributed by atoms with van der Waals surface area (Å²) in [5, 5.41) is 6.22. The Morgan fingerprint density at radius 1 is 1.27 bits per heavy atom. The van der Waals surface area contributed by atoms with Gasteiger partial charge in [0, 0.05) is 11.6 Å². The highest BCUT2D eigenvalue weighted by atomic mass is 16.5. The Kier molecular flexibility index (Phi) is 5.11. The minimum atomic E-state index is 0.0617. The largest absolute Gasteiger partial charge is 0.374 e. The van der Waals surface area contributed by atoms with Crippen molar-refractivity contribution in [2.75, 3.05) is 18.4 Å². The topological polar surface area (TPSA) is 50.4 Å². The number of ether oxygens (including phenoxy) is 1. The van der Waals surface area contributed by atoms with E-state index in [1.165, 1.54) is 31.2 Å². The van der Waals surface area contributed by atoms with Crippen LogP contribution >= 0.6 is 0 Å². The summed E-state index contributed by atoms with van der Waals surface area (Å²) >= 11 is 0. The van der Waals surface area contributed by atoms with Crippen molar-refractivity contribution in [2.45, 2.75) is 45.3 Å². The second kappa shape index (κ2) is 7.25. The lowest BCUT2D eigenvalue weighted by atomic mass is 9.88. The van der Waals surface area contributed by atoms with Crippen molar-refractivity contribution in [1.82, 2.24) is 5.32 Å². The van der Waals surface area contributed by atoms with Gasteiger partial charge in [-0.25, -0.2) is 0 Å². The molecule has 1 aromatic carbocycles. The van der Waals surface area contributed by atoms with Crippen LogP contribution in [0.3, 0.4) is 0 Å². The third kappa shape index (κ3) is 3.87. The Hall–Kier alpha value is -1.39. The molecule has 1 saturated heterocycles. The Labute approximate surface area is 132 Å². The molecule has 0 radical (unpaired) electrons. The Morgan fingerprint density at radius 3 is 2.55 bits per heavy atom. The van der Waals surface area contributed by atoms with Crippen molar-refractivity contribution < 1.29 is 9.53 Å². The van der Waals surface area contributed by atoms with E-state index in [0.29, 0.717) is 18.6 Å². The molecule has 0 spiro atoms. The van der Waals surface area contributed by atoms with Gasteiger partial charge < -0.3 is 15.4 Å². The van der Waals surface area contributed by atoms with Crippen LogP contribution in [0.4, 0.5) is 5.69 Å². The molecule has 0 bridgehead atoms. The van der Waals surface area contributed by atoms with Crippen LogP contribution in [0.5, 0.6) is 0 Å². The fraction of sp³-hybridized carbons (Fsp3) is 0.611. The van der Waals surface area contributed by atoms with Crippen molar-refractivity contribution in [2.24, 2.45) is 11.8 Å². The zero-order valence-corrected chi connectivity index (χ0v) is 13.3. The number of carbonyl (C=O) groups is 1. The number of hydrogen-bond acceptors (Lipinski definition) is 3. The van der Waals surface area contributed by atoms with Gasteiger partial charge >= 0.3 is 0 Å². The average molecular weight is 302 g/mol. The van der Waals surface area contributed by atoms with E-state index in [1.54, 1.807) is 0 Å². The predicted molar refractivity (Wildman–Crippen MR) is 87.6 cm³/mol. The predicted octanol–water partition coefficient (Wildman–Crippen LogP) is 2.94. The monoisotopic (exact) mass is 302 g/mol. The third-order valence-electron chi connectivity index (χ3n) is 4.94. The molecule has 1 atom stereocenters. The molecule has 2 N–H and O–H groups in total. The smallest absolute Gasteiger partial charge is 0.227 e. The molecular formula is C18H26N2O2. The van der Waals surface area contributed by atoms with Crippen molar-refractivity contribution in [1.29, 1.82) is 0 Å². The van der Waals surface area contributed by atoms with Gasteiger partial charge in [0.1, 0.15) is 0 Å². The molecule has 4 nitrogen and oxygen atoms in total. The number of anilines is 1. The molecule has 1 unspecified atom stereocenters. The maximum absolute atomic E-state index is 12.2. The van der Waals surface area contributed by atoms with Crippen LogP contribution in [0.2, 0.25) is 0 Å². The molecule has 3 rings (SSSR count). The van der Waals surface area contributed by atoms with Crippen LogP contribution in [0.25, 0.3) is 0 Å². The van der Waals surface area contributed by atoms with Crippen LogP contribution in [0.1, 0.15) is 38.2 Å². The molecule has 2 fully saturated rings. The van der Waals surface area contributed by atoms with Crippen LogP contribution in [-0.2, 0) is 16.1 Å². The molecule has 1 aliphatic carbocycles. The van der Waals surface area contributed by atoms with Gasteiger partial charge in [-0.15, -0.1) is 0 Å². The summed E-state index contributed by atoms with van der Waals surface area (Å²) in [4.78, 5) is 12.2. The van der Waals surface area contributed by atoms with Crippen LogP contribution in [0.15, 0.2) is 24.3 Å². The zero-order chi connectivity index (χ0) is 15.4. The van der Waals surface area contributed by atoms with E-state index in [-0.39, 0.29) is 11.8 Å². The highest BCUT2D eigenvalue weighted by Crippen LogP contribution is 2.23. The van der Waals surface area contributed by atoms with E-state index < -0.39 is 0 Å². The van der Waals surface area contributed by atoms with Crippen LogP contribution in [0, 0.1) is 11.8 Å². The number of benzene rings is 1. The second-order valence-electron chi connectivity index (χ2n) is 6.61. The molecule has 1 heterocycles. The van der Waals surface area contributed by atoms with Gasteiger partial charge in [-0.05, 0) is 49.5 Å². The molecule has 1 saturated carbocycles. The molecule has 1 aliphatic heterocycles. The lowest BCUT2D eigenvalue weighted by molar-refractivity contribution is -0.121. The summed E-state index contributed by atoms with van der Waals surface area (Å²) in [5.41, 5.74) is 2.04. The van der Waals surface area contributed by atoms with Gasteiger partial charge in [0.25, 0.3) is 0 Å². The van der Waals surface area contributed by atoms with Crippen LogP contribution in [-0.4, -0.2) is 25.1 Å². The Morgan fingerprint density at radius 2 is 1.95 bits per heavy atom. The van der Waals surface area contributed by atoms with E-state index in [9.17, 15) is 4.79 Å². The highest BCUT2D eigenvalue weighted by Gasteiger charge is 2.28. The van der Waals surface area contributed by atoms with Gasteiger partial charge in [0.2, 0.25) is 5.91 Å². The molecule has 0 aromatic heterocycles. The van der Waals surface area contributed by atoms with Gasteiger partial charge in [0.05, 0.1) is 12.7 Å². The van der Waals surface area contributed by atoms with Crippen LogP contribution < -0.4 is 10.6 Å². The SMILES string of the molecule is CC(C(=O)Nc1ccc(COC2CCCC2)cc1)C1CNC1. The molecule has 1 amide bonds. The third-order valence-corrected chi connectivity index (χ3v) is 4.94. The lowest BCUT2D eigenvalue weighted by Crippen LogP contribution is -2.48. The molecule has 22 heavy (non-hydrogen) atoms. The first-order chi connectivity index (χ1) is 10.7. The van der Waals surface area contributed by atoms with Gasteiger partial charge in [-0.2, -0.15) is 0 Å². The Bertz CT molecular complexity index is 490. The summed E-state index contributed by atoms with van der Waals surface area (Å²) in [6.45, 7) is 4.58. The Balaban J connectivity index is 1.47. The summed E-state index contributed by atoms with van der Waals surface area (Å²) in [7, 11) is 0. The molecule has 2 aliphatic rings. The van der Waals surface area contributed by atoms with Gasteiger partial charge in [-0.3, -0.25) is 4.79 Å². The minimum Gasteiger partial charge on any atom is -0.374 e. The molecule has 1 aromatic rings. The fourth-order valence-corrected chi connectivity index (χ4v) is 3.09. The first kappa shape index (κ1) is 15.5. The van der Waals surface area contributed by atoms with Gasteiger partial charge in [0.15, 0.2) is 0 Å². The highest BCUT2D eigenvalue weighted by molar-refractivity contribution is 5.92. The zero-order valence-electron chi connectivity index (χ0n) is 13.3. The number of rotatable bonds is 6. The second-order valence-corrected chi connectivity index (χ2v) is 6.61. The fourth-order valence-electron chi connectivity index (χ4n) is 3.09. The maximum atomic E-state index is 12.2. The van der Waals surface area contributed by atoms with E-state index in [0.717, 1.165) is 18.8 Å². The van der Waals surface area contributed by atoms with Crippen molar-refractivity contribution >= 4 is 11.6 Å². The van der Waals surface area contributed by atoms with Crippen molar-refractivity contribution in [3.8, 4) is 0 Å². The molecular weight excluding hydrogens is 276 g/mol. The van der Waals surface area contributed by atoms with Gasteiger partial charge in [-0.1, -0.05) is 31.9 Å². The van der Waals surface area contributed by atoms with Crippen molar-refractivity contribution in [3.63, 3.8) is 0 Å². The van der Waals surface area contributed by atoms with E-state index in [4.69, 9.17) is 4.74 Å². The molecule has 120 valence electrons. The standard InChI is InChI=1S/C18H26N2O2/c1-13(15-10-19-11-15)18(21)20-16-8-6-14(7-9-16)12-22-17-4-2-3-5-17/h6-9,13,15,17,19H,2-5,10-12H2,1H3,(H,20,21). The first-order valence-corrected chi connectivity index (χ1v) is 8.44. The number of carbonyl (C=O) groups excluding carboxylic acids is 1. The number of nitrogens with one attached hydrogen (secondary N) is 2. The normalized spacial score (nSPS) is 20.6. The average Bonchev–Trinajstić information content (AvgIpc) is 2.98. The maximum Gasteiger partial charge on any atom is 0.227 e. The quantitative estimate of drug-likeness (QED) is 0.849. The molecule has 4 heteroatoms. The summed E-state index contributed by atoms with van der Waals surface area (Å²) in [5.74, 6) is 0.646. The van der Waals surface area contributed by atoms with Crippen molar-refractivity contribution in [3.05, 3.63) is 29.8 Å². The first-order valence-electron chi connectivity index (χ1n) is 8.44. The summed E-state index contributed by atoms with van der Waals surface area (Å²) in [6, 6.07) is 8.02. The number of amides is 1. The summed E-state index contributed by atoms with van der Waals surface area (Å²) in [6.07, 6.45) is 5.43. The minimum absolute atomic E-state index is 0.0617. The lowest BCUT2D eigenvalue weighted by Gasteiger charge is -2.31.